The average Bonchev–Trinajstić information content (AvgIpc) is 2.19. The van der Waals surface area contributed by atoms with E-state index in [1.807, 2.05) is 20.8 Å². The van der Waals surface area contributed by atoms with Crippen molar-refractivity contribution in [2.24, 2.45) is 0 Å². The van der Waals surface area contributed by atoms with Gasteiger partial charge in [0.25, 0.3) is 0 Å². The predicted octanol–water partition coefficient (Wildman–Crippen LogP) is 2.06. The predicted molar refractivity (Wildman–Crippen MR) is 61.0 cm³/mol. The number of hydrogen-bond donors (Lipinski definition) is 1. The highest BCUT2D eigenvalue weighted by molar-refractivity contribution is 5.44. The zero-order valence-corrected chi connectivity index (χ0v) is 9.45. The van der Waals surface area contributed by atoms with Crippen LogP contribution in [0.15, 0.2) is 12.7 Å². The Bertz CT molecular complexity index is 361. The van der Waals surface area contributed by atoms with Crippen LogP contribution in [0.2, 0.25) is 0 Å². The molecule has 0 aliphatic rings. The van der Waals surface area contributed by atoms with Gasteiger partial charge in [0.1, 0.15) is 18.2 Å². The Morgan fingerprint density at radius 1 is 1.47 bits per heavy atom. The fourth-order valence-corrected chi connectivity index (χ4v) is 1.07. The van der Waals surface area contributed by atoms with Crippen LogP contribution in [-0.4, -0.2) is 16.6 Å². The zero-order chi connectivity index (χ0) is 11.4. The molecule has 0 unspecified atom stereocenters. The summed E-state index contributed by atoms with van der Waals surface area (Å²) in [7, 11) is 0. The summed E-state index contributed by atoms with van der Waals surface area (Å²) in [6.07, 6.45) is 1.67. The largest absolute Gasteiger partial charge is 0.473 e. The lowest BCUT2D eigenvalue weighted by Crippen LogP contribution is -2.08. The summed E-state index contributed by atoms with van der Waals surface area (Å²) in [5.74, 6) is 1.97. The third-order valence-corrected chi connectivity index (χ3v) is 2.01. The average molecular weight is 207 g/mol. The molecule has 1 heterocycles. The molecule has 2 N–H and O–H groups in total. The van der Waals surface area contributed by atoms with E-state index in [4.69, 9.17) is 10.5 Å². The SMILES string of the molecule is C=CCOc1nc(C(C)C)nc(N)c1C. The molecule has 0 saturated carbocycles. The maximum Gasteiger partial charge on any atom is 0.222 e. The van der Waals surface area contributed by atoms with Crippen molar-refractivity contribution in [2.75, 3.05) is 12.3 Å². The van der Waals surface area contributed by atoms with Gasteiger partial charge < -0.3 is 10.5 Å². The molecule has 0 spiro atoms. The Morgan fingerprint density at radius 2 is 2.13 bits per heavy atom. The Kier molecular flexibility index (Phi) is 3.66. The van der Waals surface area contributed by atoms with Gasteiger partial charge in [-0.05, 0) is 6.92 Å². The van der Waals surface area contributed by atoms with E-state index in [0.29, 0.717) is 24.1 Å². The first-order chi connectivity index (χ1) is 7.06. The number of nitrogens with two attached hydrogens (primary N) is 1. The van der Waals surface area contributed by atoms with E-state index in [-0.39, 0.29) is 5.92 Å². The highest BCUT2D eigenvalue weighted by Gasteiger charge is 2.11. The third kappa shape index (κ3) is 2.68. The second-order valence-electron chi connectivity index (χ2n) is 3.65. The summed E-state index contributed by atoms with van der Waals surface area (Å²) >= 11 is 0. The van der Waals surface area contributed by atoms with E-state index in [0.717, 1.165) is 5.56 Å². The second kappa shape index (κ2) is 4.77. The summed E-state index contributed by atoms with van der Waals surface area (Å²) in [4.78, 5) is 8.51. The maximum atomic E-state index is 5.77. The fraction of sp³-hybridized carbons (Fsp3) is 0.455. The fourth-order valence-electron chi connectivity index (χ4n) is 1.07. The molecule has 0 saturated heterocycles. The standard InChI is InChI=1S/C11H17N3O/c1-5-6-15-11-8(4)9(12)13-10(14-11)7(2)3/h5,7H,1,6H2,2-4H3,(H2,12,13,14). The van der Waals surface area contributed by atoms with Gasteiger partial charge in [0, 0.05) is 5.92 Å². The Hall–Kier alpha value is -1.58. The summed E-state index contributed by atoms with van der Waals surface area (Å²) in [5.41, 5.74) is 6.55. The van der Waals surface area contributed by atoms with Crippen LogP contribution in [-0.2, 0) is 0 Å². The van der Waals surface area contributed by atoms with Gasteiger partial charge in [0.2, 0.25) is 5.88 Å². The van der Waals surface area contributed by atoms with Gasteiger partial charge in [-0.15, -0.1) is 0 Å². The van der Waals surface area contributed by atoms with Crippen LogP contribution in [0.4, 0.5) is 5.82 Å². The number of nitrogen functional groups attached to an aromatic ring is 1. The second-order valence-corrected chi connectivity index (χ2v) is 3.65. The van der Waals surface area contributed by atoms with E-state index in [1.54, 1.807) is 6.08 Å². The minimum atomic E-state index is 0.235. The normalized spacial score (nSPS) is 10.4. The highest BCUT2D eigenvalue weighted by Crippen LogP contribution is 2.22. The van der Waals surface area contributed by atoms with Gasteiger partial charge in [-0.2, -0.15) is 4.98 Å². The molecule has 0 bridgehead atoms. The van der Waals surface area contributed by atoms with E-state index >= 15 is 0 Å². The van der Waals surface area contributed by atoms with Crippen molar-refractivity contribution in [2.45, 2.75) is 26.7 Å². The van der Waals surface area contributed by atoms with E-state index in [2.05, 4.69) is 16.5 Å². The Balaban J connectivity index is 3.07. The van der Waals surface area contributed by atoms with Crippen molar-refractivity contribution in [3.8, 4) is 5.88 Å². The monoisotopic (exact) mass is 207 g/mol. The lowest BCUT2D eigenvalue weighted by Gasteiger charge is -2.11. The summed E-state index contributed by atoms with van der Waals surface area (Å²) in [6, 6.07) is 0. The lowest BCUT2D eigenvalue weighted by atomic mass is 10.2. The number of hydrogen-bond acceptors (Lipinski definition) is 4. The van der Waals surface area contributed by atoms with Crippen LogP contribution in [0.1, 0.15) is 31.2 Å². The molecular weight excluding hydrogens is 190 g/mol. The van der Waals surface area contributed by atoms with E-state index in [9.17, 15) is 0 Å². The molecule has 0 aliphatic heterocycles. The molecule has 1 aromatic heterocycles. The number of anilines is 1. The first-order valence-electron chi connectivity index (χ1n) is 4.94. The maximum absolute atomic E-state index is 5.77. The van der Waals surface area contributed by atoms with E-state index in [1.165, 1.54) is 0 Å². The molecule has 15 heavy (non-hydrogen) atoms. The number of ether oxygens (including phenoxy) is 1. The number of rotatable bonds is 4. The van der Waals surface area contributed by atoms with Gasteiger partial charge in [0.15, 0.2) is 0 Å². The summed E-state index contributed by atoms with van der Waals surface area (Å²) in [6.45, 7) is 9.89. The van der Waals surface area contributed by atoms with Crippen molar-refractivity contribution in [1.82, 2.24) is 9.97 Å². The van der Waals surface area contributed by atoms with Gasteiger partial charge in [-0.1, -0.05) is 26.5 Å². The molecule has 0 amide bonds. The van der Waals surface area contributed by atoms with Crippen molar-refractivity contribution in [3.63, 3.8) is 0 Å². The Labute approximate surface area is 90.2 Å². The minimum Gasteiger partial charge on any atom is -0.473 e. The first kappa shape index (κ1) is 11.5. The minimum absolute atomic E-state index is 0.235. The van der Waals surface area contributed by atoms with Gasteiger partial charge in [-0.25, -0.2) is 4.98 Å². The number of aromatic nitrogens is 2. The van der Waals surface area contributed by atoms with Crippen LogP contribution >= 0.6 is 0 Å². The molecule has 0 radical (unpaired) electrons. The van der Waals surface area contributed by atoms with Crippen LogP contribution in [0.3, 0.4) is 0 Å². The summed E-state index contributed by atoms with van der Waals surface area (Å²) in [5, 5.41) is 0. The highest BCUT2D eigenvalue weighted by atomic mass is 16.5. The molecule has 0 aromatic carbocycles. The molecule has 1 rings (SSSR count). The summed E-state index contributed by atoms with van der Waals surface area (Å²) < 4.78 is 5.41. The molecule has 0 atom stereocenters. The third-order valence-electron chi connectivity index (χ3n) is 2.01. The van der Waals surface area contributed by atoms with Gasteiger partial charge >= 0.3 is 0 Å². The quantitative estimate of drug-likeness (QED) is 0.768. The van der Waals surface area contributed by atoms with Crippen LogP contribution in [0.25, 0.3) is 0 Å². The van der Waals surface area contributed by atoms with Crippen molar-refractivity contribution in [3.05, 3.63) is 24.0 Å². The molecule has 4 nitrogen and oxygen atoms in total. The van der Waals surface area contributed by atoms with Crippen molar-refractivity contribution >= 4 is 5.82 Å². The van der Waals surface area contributed by atoms with Gasteiger partial charge in [-0.3, -0.25) is 0 Å². The van der Waals surface area contributed by atoms with Crippen molar-refractivity contribution in [1.29, 1.82) is 0 Å². The molecule has 0 aliphatic carbocycles. The molecule has 0 fully saturated rings. The first-order valence-corrected chi connectivity index (χ1v) is 4.94. The lowest BCUT2D eigenvalue weighted by molar-refractivity contribution is 0.343. The zero-order valence-electron chi connectivity index (χ0n) is 9.45. The smallest absolute Gasteiger partial charge is 0.222 e. The van der Waals surface area contributed by atoms with Crippen LogP contribution < -0.4 is 10.5 Å². The van der Waals surface area contributed by atoms with E-state index < -0.39 is 0 Å². The molecule has 4 heteroatoms. The topological polar surface area (TPSA) is 61.0 Å². The number of nitrogens with zero attached hydrogens (tertiary/aromatic N) is 2. The van der Waals surface area contributed by atoms with Crippen LogP contribution in [0.5, 0.6) is 5.88 Å². The molecule has 1 aromatic rings. The van der Waals surface area contributed by atoms with Crippen molar-refractivity contribution < 1.29 is 4.74 Å². The van der Waals surface area contributed by atoms with Gasteiger partial charge in [0.05, 0.1) is 5.56 Å². The molecule has 82 valence electrons. The Morgan fingerprint density at radius 3 is 2.67 bits per heavy atom. The molecular formula is C11H17N3O. The van der Waals surface area contributed by atoms with Crippen LogP contribution in [0, 0.1) is 6.92 Å².